The molecule has 146 valence electrons. The summed E-state index contributed by atoms with van der Waals surface area (Å²) in [6.45, 7) is 0.908. The van der Waals surface area contributed by atoms with Crippen LogP contribution in [-0.4, -0.2) is 28.1 Å². The topological polar surface area (TPSA) is 84.3 Å². The maximum atomic E-state index is 12.8. The number of anilines is 2. The van der Waals surface area contributed by atoms with Crippen LogP contribution in [-0.2, 0) is 11.3 Å². The number of amides is 2. The third-order valence-electron chi connectivity index (χ3n) is 4.79. The smallest absolute Gasteiger partial charge is 0.276 e. The predicted molar refractivity (Wildman–Crippen MR) is 110 cm³/mol. The molecule has 7 heteroatoms. The van der Waals surface area contributed by atoms with Gasteiger partial charge in [0.05, 0.1) is 17.9 Å². The van der Waals surface area contributed by atoms with E-state index in [9.17, 15) is 14.4 Å². The van der Waals surface area contributed by atoms with Gasteiger partial charge in [-0.25, -0.2) is 4.68 Å². The summed E-state index contributed by atoms with van der Waals surface area (Å²) in [7, 11) is 0. The molecule has 7 nitrogen and oxygen atoms in total. The van der Waals surface area contributed by atoms with Crippen molar-refractivity contribution in [1.82, 2.24) is 9.78 Å². The van der Waals surface area contributed by atoms with Gasteiger partial charge in [-0.1, -0.05) is 42.5 Å². The maximum Gasteiger partial charge on any atom is 0.276 e. The van der Waals surface area contributed by atoms with Gasteiger partial charge in [0.15, 0.2) is 0 Å². The van der Waals surface area contributed by atoms with Gasteiger partial charge in [0, 0.05) is 19.0 Å². The quantitative estimate of drug-likeness (QED) is 0.728. The van der Waals surface area contributed by atoms with Crippen LogP contribution in [0.2, 0.25) is 0 Å². The van der Waals surface area contributed by atoms with Gasteiger partial charge in [0.1, 0.15) is 5.69 Å². The van der Waals surface area contributed by atoms with Gasteiger partial charge in [-0.3, -0.25) is 14.4 Å². The monoisotopic (exact) mass is 388 g/mol. The zero-order valence-corrected chi connectivity index (χ0v) is 15.7. The normalized spacial score (nSPS) is 13.5. The summed E-state index contributed by atoms with van der Waals surface area (Å²) in [5.74, 6) is -0.396. The minimum atomic E-state index is -0.439. The Bertz CT molecular complexity index is 1110. The Labute approximate surface area is 167 Å². The van der Waals surface area contributed by atoms with E-state index in [1.165, 1.54) is 16.8 Å². The predicted octanol–water partition coefficient (Wildman–Crippen LogP) is 2.67. The molecule has 1 aliphatic rings. The first-order valence-electron chi connectivity index (χ1n) is 9.45. The lowest BCUT2D eigenvalue weighted by Gasteiger charge is -2.19. The number of carbonyl (C=O) groups is 2. The van der Waals surface area contributed by atoms with Crippen LogP contribution in [0.25, 0.3) is 0 Å². The molecular weight excluding hydrogens is 368 g/mol. The number of carbonyl (C=O) groups excluding carboxylic acids is 2. The molecule has 1 saturated heterocycles. The first-order chi connectivity index (χ1) is 14.1. The van der Waals surface area contributed by atoms with E-state index in [0.717, 1.165) is 12.0 Å². The summed E-state index contributed by atoms with van der Waals surface area (Å²) in [6, 6.07) is 19.4. The lowest BCUT2D eigenvalue weighted by atomic mass is 10.2. The van der Waals surface area contributed by atoms with Crippen LogP contribution in [0, 0.1) is 0 Å². The van der Waals surface area contributed by atoms with E-state index in [4.69, 9.17) is 0 Å². The SMILES string of the molecule is O=C(Nc1ccccc1N1CCCC1=O)c1ccc(=O)n(Cc2ccccc2)n1. The molecule has 3 aromatic rings. The molecule has 29 heavy (non-hydrogen) atoms. The fourth-order valence-electron chi connectivity index (χ4n) is 3.34. The van der Waals surface area contributed by atoms with Crippen LogP contribution in [0.4, 0.5) is 11.4 Å². The number of benzene rings is 2. The molecular formula is C22H20N4O3. The van der Waals surface area contributed by atoms with Crippen LogP contribution in [0.15, 0.2) is 71.5 Å². The zero-order valence-electron chi connectivity index (χ0n) is 15.7. The van der Waals surface area contributed by atoms with Gasteiger partial charge in [0.2, 0.25) is 5.91 Å². The molecule has 2 heterocycles. The molecule has 0 bridgehead atoms. The molecule has 2 amide bonds. The highest BCUT2D eigenvalue weighted by Crippen LogP contribution is 2.29. The highest BCUT2D eigenvalue weighted by molar-refractivity contribution is 6.07. The van der Waals surface area contributed by atoms with Crippen LogP contribution < -0.4 is 15.8 Å². The fourth-order valence-corrected chi connectivity index (χ4v) is 3.34. The summed E-state index contributed by atoms with van der Waals surface area (Å²) in [5.41, 5.74) is 1.96. The summed E-state index contributed by atoms with van der Waals surface area (Å²) in [4.78, 5) is 38.7. The Hall–Kier alpha value is -3.74. The third-order valence-corrected chi connectivity index (χ3v) is 4.79. The van der Waals surface area contributed by atoms with E-state index >= 15 is 0 Å². The minimum Gasteiger partial charge on any atom is -0.319 e. The van der Waals surface area contributed by atoms with E-state index in [1.54, 1.807) is 17.0 Å². The first kappa shape index (κ1) is 18.6. The molecule has 1 aliphatic heterocycles. The van der Waals surface area contributed by atoms with E-state index in [2.05, 4.69) is 10.4 Å². The first-order valence-corrected chi connectivity index (χ1v) is 9.45. The molecule has 0 spiro atoms. The maximum absolute atomic E-state index is 12.8. The lowest BCUT2D eigenvalue weighted by Crippen LogP contribution is -2.28. The van der Waals surface area contributed by atoms with E-state index < -0.39 is 5.91 Å². The molecule has 1 aromatic heterocycles. The second kappa shape index (κ2) is 8.10. The number of para-hydroxylation sites is 2. The largest absolute Gasteiger partial charge is 0.319 e. The van der Waals surface area contributed by atoms with Gasteiger partial charge in [-0.2, -0.15) is 5.10 Å². The van der Waals surface area contributed by atoms with Crippen molar-refractivity contribution < 1.29 is 9.59 Å². The Morgan fingerprint density at radius 3 is 2.48 bits per heavy atom. The number of aromatic nitrogens is 2. The fraction of sp³-hybridized carbons (Fsp3) is 0.182. The highest BCUT2D eigenvalue weighted by atomic mass is 16.2. The standard InChI is InChI=1S/C22H20N4O3/c27-20-11-6-14-25(20)19-10-5-4-9-17(19)23-22(29)18-12-13-21(28)26(24-18)15-16-7-2-1-3-8-16/h1-5,7-10,12-13H,6,11,14-15H2,(H,23,29). The summed E-state index contributed by atoms with van der Waals surface area (Å²) >= 11 is 0. The van der Waals surface area contributed by atoms with Crippen molar-refractivity contribution in [2.45, 2.75) is 19.4 Å². The van der Waals surface area contributed by atoms with E-state index in [0.29, 0.717) is 24.3 Å². The molecule has 4 rings (SSSR count). The lowest BCUT2D eigenvalue weighted by molar-refractivity contribution is -0.117. The highest BCUT2D eigenvalue weighted by Gasteiger charge is 2.24. The van der Waals surface area contributed by atoms with Gasteiger partial charge in [-0.05, 0) is 30.2 Å². The number of nitrogens with one attached hydrogen (secondary N) is 1. The molecule has 0 unspecified atom stereocenters. The van der Waals surface area contributed by atoms with Gasteiger partial charge >= 0.3 is 0 Å². The van der Waals surface area contributed by atoms with Crippen molar-refractivity contribution in [2.75, 3.05) is 16.8 Å². The van der Waals surface area contributed by atoms with Crippen molar-refractivity contribution in [2.24, 2.45) is 0 Å². The molecule has 0 saturated carbocycles. The van der Waals surface area contributed by atoms with Crippen molar-refractivity contribution in [3.05, 3.63) is 88.3 Å². The second-order valence-corrected chi connectivity index (χ2v) is 6.82. The summed E-state index contributed by atoms with van der Waals surface area (Å²) < 4.78 is 1.26. The number of rotatable bonds is 5. The van der Waals surface area contributed by atoms with Crippen molar-refractivity contribution in [3.8, 4) is 0 Å². The van der Waals surface area contributed by atoms with Crippen molar-refractivity contribution in [3.63, 3.8) is 0 Å². The van der Waals surface area contributed by atoms with Crippen LogP contribution in [0.5, 0.6) is 0 Å². The molecule has 1 N–H and O–H groups in total. The summed E-state index contributed by atoms with van der Waals surface area (Å²) in [5, 5.41) is 7.04. The van der Waals surface area contributed by atoms with Gasteiger partial charge in [0.25, 0.3) is 11.5 Å². The van der Waals surface area contributed by atoms with E-state index in [-0.39, 0.29) is 23.7 Å². The van der Waals surface area contributed by atoms with Crippen LogP contribution >= 0.6 is 0 Å². The van der Waals surface area contributed by atoms with Crippen molar-refractivity contribution >= 4 is 23.2 Å². The molecule has 0 aliphatic carbocycles. The van der Waals surface area contributed by atoms with Crippen LogP contribution in [0.3, 0.4) is 0 Å². The Morgan fingerprint density at radius 1 is 0.966 bits per heavy atom. The van der Waals surface area contributed by atoms with Gasteiger partial charge < -0.3 is 10.2 Å². The molecule has 0 radical (unpaired) electrons. The van der Waals surface area contributed by atoms with Gasteiger partial charge in [-0.15, -0.1) is 0 Å². The Kier molecular flexibility index (Phi) is 5.20. The van der Waals surface area contributed by atoms with E-state index in [1.807, 2.05) is 42.5 Å². The Balaban J connectivity index is 1.58. The number of hydrogen-bond donors (Lipinski definition) is 1. The average Bonchev–Trinajstić information content (AvgIpc) is 3.16. The third kappa shape index (κ3) is 4.08. The van der Waals surface area contributed by atoms with Crippen LogP contribution in [0.1, 0.15) is 28.9 Å². The summed E-state index contributed by atoms with van der Waals surface area (Å²) in [6.07, 6.45) is 1.31. The van der Waals surface area contributed by atoms with Crippen molar-refractivity contribution in [1.29, 1.82) is 0 Å². The Morgan fingerprint density at radius 2 is 1.72 bits per heavy atom. The number of hydrogen-bond acceptors (Lipinski definition) is 4. The minimum absolute atomic E-state index is 0.0428. The average molecular weight is 388 g/mol. The number of nitrogens with zero attached hydrogens (tertiary/aromatic N) is 3. The second-order valence-electron chi connectivity index (χ2n) is 6.82. The molecule has 0 atom stereocenters. The molecule has 2 aromatic carbocycles. The molecule has 1 fully saturated rings. The zero-order chi connectivity index (χ0) is 20.2.